The topological polar surface area (TPSA) is 15.8 Å². The standard InChI is InChI=1S/C14H15NS/c1-4-10-7-13(16-6-3)14-11(5-2)8-15-9-12(10)14/h4-5,7-9,15H,1-2,6H2,3H3. The van der Waals surface area contributed by atoms with E-state index in [9.17, 15) is 0 Å². The van der Waals surface area contributed by atoms with Gasteiger partial charge in [-0.1, -0.05) is 32.2 Å². The minimum atomic E-state index is 1.07. The zero-order chi connectivity index (χ0) is 11.5. The molecule has 1 heterocycles. The highest BCUT2D eigenvalue weighted by atomic mass is 32.2. The number of rotatable bonds is 4. The normalized spacial score (nSPS) is 10.6. The molecule has 1 aliphatic carbocycles. The zero-order valence-corrected chi connectivity index (χ0v) is 10.2. The van der Waals surface area contributed by atoms with Crippen LogP contribution in [0.1, 0.15) is 18.1 Å². The second-order valence-electron chi connectivity index (χ2n) is 3.50. The van der Waals surface area contributed by atoms with E-state index in [1.807, 2.05) is 36.3 Å². The van der Waals surface area contributed by atoms with Gasteiger partial charge in [0.25, 0.3) is 0 Å². The summed E-state index contributed by atoms with van der Waals surface area (Å²) in [4.78, 5) is 4.47. The third-order valence-corrected chi connectivity index (χ3v) is 3.53. The monoisotopic (exact) mass is 229 g/mol. The van der Waals surface area contributed by atoms with E-state index in [1.165, 1.54) is 21.6 Å². The molecular formula is C14H15NS. The maximum Gasteiger partial charge on any atom is 0.0164 e. The van der Waals surface area contributed by atoms with E-state index in [-0.39, 0.29) is 0 Å². The summed E-state index contributed by atoms with van der Waals surface area (Å²) in [5.41, 5.74) is 4.85. The molecule has 2 heteroatoms. The van der Waals surface area contributed by atoms with Gasteiger partial charge in [0.15, 0.2) is 0 Å². The number of aromatic amines is 1. The summed E-state index contributed by atoms with van der Waals surface area (Å²) in [6, 6.07) is 2.20. The van der Waals surface area contributed by atoms with Crippen molar-refractivity contribution in [3.05, 3.63) is 42.7 Å². The van der Waals surface area contributed by atoms with E-state index in [1.54, 1.807) is 0 Å². The highest BCUT2D eigenvalue weighted by Crippen LogP contribution is 2.41. The molecule has 0 spiro atoms. The molecule has 2 rings (SSSR count). The van der Waals surface area contributed by atoms with Crippen LogP contribution in [0.2, 0.25) is 0 Å². The molecule has 0 amide bonds. The van der Waals surface area contributed by atoms with Gasteiger partial charge in [0.05, 0.1) is 0 Å². The number of H-pyrrole nitrogens is 1. The maximum atomic E-state index is 3.86. The Kier molecular flexibility index (Phi) is 3.20. The molecular weight excluding hydrogens is 214 g/mol. The van der Waals surface area contributed by atoms with Gasteiger partial charge < -0.3 is 4.98 Å². The molecule has 0 saturated carbocycles. The van der Waals surface area contributed by atoms with Gasteiger partial charge in [0.2, 0.25) is 0 Å². The first-order chi connectivity index (χ1) is 7.81. The first kappa shape index (κ1) is 11.1. The summed E-state index contributed by atoms with van der Waals surface area (Å²) in [7, 11) is 0. The summed E-state index contributed by atoms with van der Waals surface area (Å²) in [6.07, 6.45) is 7.81. The minimum Gasteiger partial charge on any atom is -0.366 e. The van der Waals surface area contributed by atoms with Crippen molar-refractivity contribution >= 4 is 23.9 Å². The fourth-order valence-corrected chi connectivity index (χ4v) is 2.80. The molecule has 16 heavy (non-hydrogen) atoms. The number of fused-ring (bicyclic) bond motifs is 1. The molecule has 0 aromatic carbocycles. The average Bonchev–Trinajstić information content (AvgIpc) is 2.68. The van der Waals surface area contributed by atoms with Crippen LogP contribution in [-0.4, -0.2) is 10.7 Å². The number of hydrogen-bond acceptors (Lipinski definition) is 1. The Balaban J connectivity index is 2.69. The summed E-state index contributed by atoms with van der Waals surface area (Å²) in [6.45, 7) is 9.89. The lowest BCUT2D eigenvalue weighted by atomic mass is 10.0. The SMILES string of the molecule is C=Cc1cc(SCC)c2c(C=C)c[nH]cc1-2. The summed E-state index contributed by atoms with van der Waals surface area (Å²) < 4.78 is 0. The molecule has 1 aliphatic heterocycles. The van der Waals surface area contributed by atoms with E-state index in [4.69, 9.17) is 0 Å². The van der Waals surface area contributed by atoms with Crippen molar-refractivity contribution in [1.29, 1.82) is 0 Å². The molecule has 82 valence electrons. The minimum absolute atomic E-state index is 1.07. The molecule has 0 aromatic rings. The highest BCUT2D eigenvalue weighted by molar-refractivity contribution is 7.99. The van der Waals surface area contributed by atoms with Crippen molar-refractivity contribution in [3.63, 3.8) is 0 Å². The van der Waals surface area contributed by atoms with Crippen LogP contribution in [0.25, 0.3) is 23.3 Å². The van der Waals surface area contributed by atoms with Gasteiger partial charge >= 0.3 is 0 Å². The molecule has 1 nitrogen and oxygen atoms in total. The molecule has 1 N–H and O–H groups in total. The van der Waals surface area contributed by atoms with Crippen LogP contribution in [0.4, 0.5) is 0 Å². The number of thioether (sulfide) groups is 1. The first-order valence-corrected chi connectivity index (χ1v) is 6.31. The van der Waals surface area contributed by atoms with E-state index < -0.39 is 0 Å². The second kappa shape index (κ2) is 4.62. The largest absolute Gasteiger partial charge is 0.366 e. The van der Waals surface area contributed by atoms with Crippen LogP contribution in [0, 0.1) is 0 Å². The van der Waals surface area contributed by atoms with Gasteiger partial charge in [-0.3, -0.25) is 0 Å². The van der Waals surface area contributed by atoms with E-state index in [0.717, 1.165) is 11.3 Å². The molecule has 0 bridgehead atoms. The molecule has 2 aliphatic rings. The fourth-order valence-electron chi connectivity index (χ4n) is 1.91. The van der Waals surface area contributed by atoms with Crippen LogP contribution in [0.5, 0.6) is 0 Å². The third kappa shape index (κ3) is 1.69. The zero-order valence-electron chi connectivity index (χ0n) is 9.42. The number of nitrogens with one attached hydrogen (secondary N) is 1. The van der Waals surface area contributed by atoms with Gasteiger partial charge in [0, 0.05) is 28.4 Å². The molecule has 0 radical (unpaired) electrons. The van der Waals surface area contributed by atoms with Crippen LogP contribution in [0.15, 0.2) is 36.5 Å². The fraction of sp³-hybridized carbons (Fsp3) is 0.143. The van der Waals surface area contributed by atoms with E-state index >= 15 is 0 Å². The Morgan fingerprint density at radius 3 is 2.62 bits per heavy atom. The van der Waals surface area contributed by atoms with Crippen molar-refractivity contribution < 1.29 is 0 Å². The Morgan fingerprint density at radius 2 is 2.00 bits per heavy atom. The highest BCUT2D eigenvalue weighted by Gasteiger charge is 2.16. The Bertz CT molecular complexity index is 496. The van der Waals surface area contributed by atoms with Crippen molar-refractivity contribution in [1.82, 2.24) is 4.98 Å². The smallest absolute Gasteiger partial charge is 0.0164 e. The van der Waals surface area contributed by atoms with Crippen LogP contribution >= 0.6 is 11.8 Å². The molecule has 0 fully saturated rings. The van der Waals surface area contributed by atoms with Gasteiger partial charge in [-0.25, -0.2) is 0 Å². The lowest BCUT2D eigenvalue weighted by molar-refractivity contribution is 1.31. The predicted molar refractivity (Wildman–Crippen MR) is 74.0 cm³/mol. The van der Waals surface area contributed by atoms with Gasteiger partial charge in [-0.05, 0) is 22.9 Å². The predicted octanol–water partition coefficient (Wildman–Crippen LogP) is 4.52. The quantitative estimate of drug-likeness (QED) is 0.762. The van der Waals surface area contributed by atoms with Crippen LogP contribution < -0.4 is 0 Å². The van der Waals surface area contributed by atoms with Crippen LogP contribution in [0.3, 0.4) is 0 Å². The molecule has 0 unspecified atom stereocenters. The van der Waals surface area contributed by atoms with Crippen molar-refractivity contribution in [3.8, 4) is 11.1 Å². The van der Waals surface area contributed by atoms with E-state index in [0.29, 0.717) is 0 Å². The lowest BCUT2D eigenvalue weighted by Crippen LogP contribution is -1.86. The molecule has 0 atom stereocenters. The Morgan fingerprint density at radius 1 is 1.25 bits per heavy atom. The Labute approximate surface area is 101 Å². The van der Waals surface area contributed by atoms with Gasteiger partial charge in [0.1, 0.15) is 0 Å². The van der Waals surface area contributed by atoms with Gasteiger partial charge in [-0.15, -0.1) is 11.8 Å². The average molecular weight is 229 g/mol. The number of hydrogen-bond donors (Lipinski definition) is 1. The molecule has 0 aromatic heterocycles. The summed E-state index contributed by atoms with van der Waals surface area (Å²) in [5.74, 6) is 1.07. The summed E-state index contributed by atoms with van der Waals surface area (Å²) >= 11 is 1.86. The Hall–Kier alpha value is -1.41. The maximum absolute atomic E-state index is 3.86. The number of pyridine rings is 1. The second-order valence-corrected chi connectivity index (χ2v) is 4.81. The lowest BCUT2D eigenvalue weighted by Gasteiger charge is -2.07. The van der Waals surface area contributed by atoms with Crippen molar-refractivity contribution in [2.24, 2.45) is 0 Å². The van der Waals surface area contributed by atoms with E-state index in [2.05, 4.69) is 31.1 Å². The summed E-state index contributed by atoms with van der Waals surface area (Å²) in [5, 5.41) is 0. The van der Waals surface area contributed by atoms with Gasteiger partial charge in [-0.2, -0.15) is 0 Å². The van der Waals surface area contributed by atoms with Crippen molar-refractivity contribution in [2.45, 2.75) is 11.8 Å². The first-order valence-electron chi connectivity index (χ1n) is 5.33. The third-order valence-electron chi connectivity index (χ3n) is 2.61. The number of aromatic nitrogens is 1. The van der Waals surface area contributed by atoms with Crippen LogP contribution in [-0.2, 0) is 0 Å². The van der Waals surface area contributed by atoms with Crippen molar-refractivity contribution in [2.75, 3.05) is 5.75 Å². The molecule has 0 saturated heterocycles.